The fourth-order valence-corrected chi connectivity index (χ4v) is 1.28. The minimum Gasteiger partial charge on any atom is -0.349 e. The van der Waals surface area contributed by atoms with Crippen LogP contribution < -0.4 is 0 Å². The summed E-state index contributed by atoms with van der Waals surface area (Å²) in [6.45, 7) is 0.757. The molecule has 0 radical (unpaired) electrons. The molecule has 1 aliphatic rings. The van der Waals surface area contributed by atoms with Gasteiger partial charge in [0.05, 0.1) is 12.1 Å². The summed E-state index contributed by atoms with van der Waals surface area (Å²) in [6.07, 6.45) is 0.123. The molecule has 60 valence electrons. The zero-order chi connectivity index (χ0) is 7.97. The molecule has 2 aromatic rings. The molecule has 0 aliphatic carbocycles. The molecule has 1 atom stereocenters. The van der Waals surface area contributed by atoms with Crippen molar-refractivity contribution in [3.05, 3.63) is 24.3 Å². The fourth-order valence-electron chi connectivity index (χ4n) is 1.28. The van der Waals surface area contributed by atoms with Crippen molar-refractivity contribution in [1.82, 2.24) is 15.0 Å². The van der Waals surface area contributed by atoms with Crippen LogP contribution in [0.3, 0.4) is 0 Å². The third-order valence-corrected chi connectivity index (χ3v) is 1.97. The first-order valence-electron chi connectivity index (χ1n) is 3.87. The van der Waals surface area contributed by atoms with Crippen LogP contribution in [-0.4, -0.2) is 21.6 Å². The van der Waals surface area contributed by atoms with E-state index in [1.807, 2.05) is 28.9 Å². The molecule has 1 fully saturated rings. The molecule has 0 saturated carbocycles. The van der Waals surface area contributed by atoms with Crippen LogP contribution in [0, 0.1) is 0 Å². The average molecular weight is 161 g/mol. The molecule has 3 rings (SSSR count). The van der Waals surface area contributed by atoms with Gasteiger partial charge in [0.2, 0.25) is 0 Å². The van der Waals surface area contributed by atoms with E-state index in [4.69, 9.17) is 4.74 Å². The minimum absolute atomic E-state index is 0.123. The van der Waals surface area contributed by atoms with Gasteiger partial charge in [-0.05, 0) is 12.1 Å². The largest absolute Gasteiger partial charge is 0.349 e. The van der Waals surface area contributed by atoms with Crippen LogP contribution in [-0.2, 0) is 4.74 Å². The van der Waals surface area contributed by atoms with Crippen LogP contribution in [0.15, 0.2) is 24.3 Å². The van der Waals surface area contributed by atoms with Crippen LogP contribution >= 0.6 is 0 Å². The first kappa shape index (κ1) is 6.14. The van der Waals surface area contributed by atoms with Gasteiger partial charge >= 0.3 is 0 Å². The lowest BCUT2D eigenvalue weighted by Crippen LogP contribution is -1.96. The predicted octanol–water partition coefficient (Wildman–Crippen LogP) is 0.960. The molecule has 1 aliphatic heterocycles. The van der Waals surface area contributed by atoms with Gasteiger partial charge in [0, 0.05) is 0 Å². The summed E-state index contributed by atoms with van der Waals surface area (Å²) in [5.41, 5.74) is 1.97. The Morgan fingerprint density at radius 2 is 2.25 bits per heavy atom. The first-order chi connectivity index (χ1) is 5.95. The predicted molar refractivity (Wildman–Crippen MR) is 42.5 cm³/mol. The molecule has 1 unspecified atom stereocenters. The van der Waals surface area contributed by atoms with Crippen molar-refractivity contribution in [2.75, 3.05) is 6.61 Å². The Hall–Kier alpha value is -1.42. The Labute approximate surface area is 68.7 Å². The highest BCUT2D eigenvalue weighted by molar-refractivity contribution is 5.73. The van der Waals surface area contributed by atoms with Gasteiger partial charge in [-0.25, -0.2) is 4.68 Å². The van der Waals surface area contributed by atoms with Crippen LogP contribution in [0.25, 0.3) is 11.0 Å². The molecule has 1 saturated heterocycles. The normalized spacial score (nSPS) is 21.5. The second kappa shape index (κ2) is 2.04. The van der Waals surface area contributed by atoms with Crippen molar-refractivity contribution >= 4 is 11.0 Å². The number of fused-ring (bicyclic) bond motifs is 1. The first-order valence-corrected chi connectivity index (χ1v) is 3.87. The second-order valence-corrected chi connectivity index (χ2v) is 2.81. The highest BCUT2D eigenvalue weighted by atomic mass is 16.6. The lowest BCUT2D eigenvalue weighted by molar-refractivity contribution is 0.338. The van der Waals surface area contributed by atoms with Gasteiger partial charge in [-0.3, -0.25) is 0 Å². The monoisotopic (exact) mass is 161 g/mol. The van der Waals surface area contributed by atoms with Crippen LogP contribution in [0.4, 0.5) is 0 Å². The van der Waals surface area contributed by atoms with Gasteiger partial charge in [0.15, 0.2) is 6.23 Å². The van der Waals surface area contributed by atoms with Gasteiger partial charge in [0.1, 0.15) is 5.52 Å². The number of hydrogen-bond acceptors (Lipinski definition) is 3. The van der Waals surface area contributed by atoms with Crippen molar-refractivity contribution in [2.24, 2.45) is 0 Å². The van der Waals surface area contributed by atoms with E-state index in [2.05, 4.69) is 10.3 Å². The number of ether oxygens (including phenoxy) is 1. The smallest absolute Gasteiger partial charge is 0.176 e. The topological polar surface area (TPSA) is 43.2 Å². The lowest BCUT2D eigenvalue weighted by atomic mass is 10.3. The maximum Gasteiger partial charge on any atom is 0.176 e. The number of hydrogen-bond donors (Lipinski definition) is 0. The molecular formula is C8H7N3O. The Morgan fingerprint density at radius 1 is 1.42 bits per heavy atom. The highest BCUT2D eigenvalue weighted by Gasteiger charge is 2.27. The molecule has 0 N–H and O–H groups in total. The van der Waals surface area contributed by atoms with Crippen molar-refractivity contribution in [1.29, 1.82) is 0 Å². The molecule has 0 amide bonds. The summed E-state index contributed by atoms with van der Waals surface area (Å²) in [5, 5.41) is 8.01. The van der Waals surface area contributed by atoms with E-state index >= 15 is 0 Å². The van der Waals surface area contributed by atoms with E-state index in [1.54, 1.807) is 0 Å². The molecule has 4 heteroatoms. The van der Waals surface area contributed by atoms with Crippen LogP contribution in [0.2, 0.25) is 0 Å². The molecule has 4 nitrogen and oxygen atoms in total. The summed E-state index contributed by atoms with van der Waals surface area (Å²) in [4.78, 5) is 0. The van der Waals surface area contributed by atoms with Gasteiger partial charge in [0.25, 0.3) is 0 Å². The number of rotatable bonds is 1. The van der Waals surface area contributed by atoms with Gasteiger partial charge in [-0.15, -0.1) is 5.10 Å². The summed E-state index contributed by atoms with van der Waals surface area (Å²) >= 11 is 0. The molecule has 12 heavy (non-hydrogen) atoms. The maximum absolute atomic E-state index is 5.12. The molecule has 2 heterocycles. The summed E-state index contributed by atoms with van der Waals surface area (Å²) < 4.78 is 6.94. The molecule has 0 bridgehead atoms. The zero-order valence-electron chi connectivity index (χ0n) is 6.34. The average Bonchev–Trinajstić information content (AvgIpc) is 2.86. The van der Waals surface area contributed by atoms with E-state index in [1.165, 1.54) is 0 Å². The number of para-hydroxylation sites is 1. The summed E-state index contributed by atoms with van der Waals surface area (Å²) in [7, 11) is 0. The Kier molecular flexibility index (Phi) is 1.04. The minimum atomic E-state index is 0.123. The van der Waals surface area contributed by atoms with Gasteiger partial charge < -0.3 is 4.74 Å². The Bertz CT molecular complexity index is 419. The zero-order valence-corrected chi connectivity index (χ0v) is 6.34. The number of aromatic nitrogens is 3. The van der Waals surface area contributed by atoms with Crippen LogP contribution in [0.1, 0.15) is 6.23 Å². The van der Waals surface area contributed by atoms with Crippen molar-refractivity contribution in [2.45, 2.75) is 6.23 Å². The Balaban J connectivity index is 2.30. The lowest BCUT2D eigenvalue weighted by Gasteiger charge is -1.93. The van der Waals surface area contributed by atoms with E-state index in [9.17, 15) is 0 Å². The summed E-state index contributed by atoms with van der Waals surface area (Å²) in [6, 6.07) is 7.87. The van der Waals surface area contributed by atoms with Gasteiger partial charge in [-0.1, -0.05) is 17.3 Å². The number of nitrogens with zero attached hydrogens (tertiary/aromatic N) is 3. The van der Waals surface area contributed by atoms with E-state index in [-0.39, 0.29) is 6.23 Å². The molecule has 1 aromatic heterocycles. The van der Waals surface area contributed by atoms with Gasteiger partial charge in [-0.2, -0.15) is 0 Å². The van der Waals surface area contributed by atoms with Crippen molar-refractivity contribution < 1.29 is 4.74 Å². The number of epoxide rings is 1. The van der Waals surface area contributed by atoms with E-state index < -0.39 is 0 Å². The number of benzene rings is 1. The quantitative estimate of drug-likeness (QED) is 0.585. The van der Waals surface area contributed by atoms with E-state index in [0.29, 0.717) is 0 Å². The fraction of sp³-hybridized carbons (Fsp3) is 0.250. The molecule has 1 aromatic carbocycles. The summed E-state index contributed by atoms with van der Waals surface area (Å²) in [5.74, 6) is 0. The van der Waals surface area contributed by atoms with Crippen molar-refractivity contribution in [3.8, 4) is 0 Å². The van der Waals surface area contributed by atoms with E-state index in [0.717, 1.165) is 17.6 Å². The third-order valence-electron chi connectivity index (χ3n) is 1.97. The van der Waals surface area contributed by atoms with Crippen LogP contribution in [0.5, 0.6) is 0 Å². The van der Waals surface area contributed by atoms with Crippen molar-refractivity contribution in [3.63, 3.8) is 0 Å². The second-order valence-electron chi connectivity index (χ2n) is 2.81. The SMILES string of the molecule is c1ccc2c(c1)nnn2C1CO1. The maximum atomic E-state index is 5.12. The third kappa shape index (κ3) is 0.753. The Morgan fingerprint density at radius 3 is 3.08 bits per heavy atom. The standard InChI is InChI=1S/C8H7N3O/c1-2-4-7-6(3-1)9-10-11(7)8-5-12-8/h1-4,8H,5H2. The highest BCUT2D eigenvalue weighted by Crippen LogP contribution is 2.25. The molecular weight excluding hydrogens is 154 g/mol. The molecule has 0 spiro atoms.